The molecule has 1 aliphatic heterocycles. The molecular weight excluding hydrogens is 288 g/mol. The molecule has 0 bridgehead atoms. The second kappa shape index (κ2) is 7.09. The lowest BCUT2D eigenvalue weighted by atomic mass is 9.80. The summed E-state index contributed by atoms with van der Waals surface area (Å²) in [4.78, 5) is 35.4. The number of carbonyl (C=O) groups is 3. The van der Waals surface area contributed by atoms with Gasteiger partial charge in [0.05, 0.1) is 5.41 Å². The van der Waals surface area contributed by atoms with E-state index in [-0.39, 0.29) is 18.4 Å². The monoisotopic (exact) mass is 314 g/mol. The van der Waals surface area contributed by atoms with E-state index in [9.17, 15) is 19.5 Å². The maximum absolute atomic E-state index is 12.1. The quantitative estimate of drug-likeness (QED) is 0.687. The molecule has 1 fully saturated rings. The lowest BCUT2D eigenvalue weighted by Gasteiger charge is -2.33. The van der Waals surface area contributed by atoms with E-state index in [0.717, 1.165) is 0 Å². The predicted octanol–water partition coefficient (Wildman–Crippen LogP) is 0.535. The van der Waals surface area contributed by atoms with Gasteiger partial charge in [0.15, 0.2) is 0 Å². The number of rotatable bonds is 5. The maximum Gasteiger partial charge on any atom is 0.311 e. The van der Waals surface area contributed by atoms with Crippen LogP contribution in [0.2, 0.25) is 0 Å². The summed E-state index contributed by atoms with van der Waals surface area (Å²) in [6, 6.07) is -0.711. The fraction of sp³-hybridized carbons (Fsp3) is 0.800. The Hall–Kier alpha value is -1.63. The summed E-state index contributed by atoms with van der Waals surface area (Å²) < 4.78 is 5.19. The summed E-state index contributed by atoms with van der Waals surface area (Å²) in [6.45, 7) is 7.64. The zero-order valence-electron chi connectivity index (χ0n) is 13.7. The minimum atomic E-state index is -0.984. The van der Waals surface area contributed by atoms with Crippen LogP contribution in [0, 0.1) is 10.8 Å². The molecule has 126 valence electrons. The van der Waals surface area contributed by atoms with Crippen LogP contribution in [0.1, 0.15) is 40.5 Å². The lowest BCUT2D eigenvalue weighted by Crippen LogP contribution is -2.52. The number of nitrogens with one attached hydrogen (secondary N) is 2. The topological polar surface area (TPSA) is 105 Å². The minimum Gasteiger partial charge on any atom is -0.481 e. The normalized spacial score (nSPS) is 19.1. The summed E-state index contributed by atoms with van der Waals surface area (Å²) in [5.41, 5.74) is -1.57. The van der Waals surface area contributed by atoms with Crippen molar-refractivity contribution in [3.05, 3.63) is 0 Å². The Morgan fingerprint density at radius 2 is 1.77 bits per heavy atom. The minimum absolute atomic E-state index is 0.0419. The van der Waals surface area contributed by atoms with Crippen LogP contribution in [-0.2, 0) is 19.1 Å². The van der Waals surface area contributed by atoms with Crippen molar-refractivity contribution in [2.24, 2.45) is 10.8 Å². The zero-order chi connectivity index (χ0) is 17.0. The molecule has 2 amide bonds. The van der Waals surface area contributed by atoms with Crippen LogP contribution in [-0.4, -0.2) is 48.7 Å². The smallest absolute Gasteiger partial charge is 0.311 e. The van der Waals surface area contributed by atoms with E-state index < -0.39 is 22.8 Å². The summed E-state index contributed by atoms with van der Waals surface area (Å²) in [7, 11) is 0. The van der Waals surface area contributed by atoms with Crippen LogP contribution in [0.4, 0.5) is 0 Å². The van der Waals surface area contributed by atoms with Gasteiger partial charge in [0.1, 0.15) is 6.04 Å². The maximum atomic E-state index is 12.1. The second-order valence-corrected chi connectivity index (χ2v) is 6.86. The van der Waals surface area contributed by atoms with Gasteiger partial charge < -0.3 is 20.5 Å². The van der Waals surface area contributed by atoms with Crippen LogP contribution < -0.4 is 10.6 Å². The molecule has 0 aromatic heterocycles. The van der Waals surface area contributed by atoms with Crippen molar-refractivity contribution in [1.82, 2.24) is 10.6 Å². The van der Waals surface area contributed by atoms with E-state index >= 15 is 0 Å². The van der Waals surface area contributed by atoms with Crippen LogP contribution >= 0.6 is 0 Å². The standard InChI is InChI=1S/C15H26N2O5/c1-10(17-12(19)14(2,3)4)11(18)16-9-15(13(20)21)5-7-22-8-6-15/h10H,5-9H2,1-4H3,(H,16,18)(H,17,19)(H,20,21). The third kappa shape index (κ3) is 4.69. The van der Waals surface area contributed by atoms with E-state index in [4.69, 9.17) is 4.74 Å². The van der Waals surface area contributed by atoms with Gasteiger partial charge in [-0.25, -0.2) is 0 Å². The van der Waals surface area contributed by atoms with Crippen LogP contribution in [0.15, 0.2) is 0 Å². The molecule has 7 heteroatoms. The van der Waals surface area contributed by atoms with Gasteiger partial charge in [0.25, 0.3) is 0 Å². The first kappa shape index (κ1) is 18.4. The van der Waals surface area contributed by atoms with E-state index in [2.05, 4.69) is 10.6 Å². The average molecular weight is 314 g/mol. The molecule has 3 N–H and O–H groups in total. The molecule has 0 saturated carbocycles. The Bertz CT molecular complexity index is 436. The second-order valence-electron chi connectivity index (χ2n) is 6.86. The van der Waals surface area contributed by atoms with Crippen molar-refractivity contribution in [2.75, 3.05) is 19.8 Å². The molecule has 1 unspecified atom stereocenters. The molecule has 22 heavy (non-hydrogen) atoms. The lowest BCUT2D eigenvalue weighted by molar-refractivity contribution is -0.154. The number of carbonyl (C=O) groups excluding carboxylic acids is 2. The molecular formula is C15H26N2O5. The number of hydrogen-bond acceptors (Lipinski definition) is 4. The Balaban J connectivity index is 2.57. The highest BCUT2D eigenvalue weighted by Crippen LogP contribution is 2.30. The van der Waals surface area contributed by atoms with E-state index in [1.54, 1.807) is 27.7 Å². The fourth-order valence-corrected chi connectivity index (χ4v) is 2.12. The number of hydrogen-bond donors (Lipinski definition) is 3. The van der Waals surface area contributed by atoms with Gasteiger partial charge in [-0.1, -0.05) is 20.8 Å². The van der Waals surface area contributed by atoms with E-state index in [1.807, 2.05) is 0 Å². The van der Waals surface area contributed by atoms with Crippen LogP contribution in [0.25, 0.3) is 0 Å². The third-order valence-corrected chi connectivity index (χ3v) is 3.93. The van der Waals surface area contributed by atoms with Crippen LogP contribution in [0.3, 0.4) is 0 Å². The largest absolute Gasteiger partial charge is 0.481 e. The Kier molecular flexibility index (Phi) is 5.93. The van der Waals surface area contributed by atoms with Crippen molar-refractivity contribution in [3.63, 3.8) is 0 Å². The van der Waals surface area contributed by atoms with E-state index in [1.165, 1.54) is 0 Å². The van der Waals surface area contributed by atoms with Crippen molar-refractivity contribution in [2.45, 2.75) is 46.6 Å². The van der Waals surface area contributed by atoms with Gasteiger partial charge >= 0.3 is 5.97 Å². The number of amides is 2. The van der Waals surface area contributed by atoms with Gasteiger partial charge in [-0.15, -0.1) is 0 Å². The summed E-state index contributed by atoms with van der Waals surface area (Å²) >= 11 is 0. The van der Waals surface area contributed by atoms with Gasteiger partial charge in [-0.05, 0) is 19.8 Å². The number of ether oxygens (including phenoxy) is 1. The summed E-state index contributed by atoms with van der Waals surface area (Å²) in [5, 5.41) is 14.7. The molecule has 7 nitrogen and oxygen atoms in total. The van der Waals surface area contributed by atoms with Gasteiger partial charge in [0.2, 0.25) is 11.8 Å². The zero-order valence-corrected chi connectivity index (χ0v) is 13.7. The highest BCUT2D eigenvalue weighted by Gasteiger charge is 2.40. The molecule has 0 radical (unpaired) electrons. The predicted molar refractivity (Wildman–Crippen MR) is 80.2 cm³/mol. The van der Waals surface area contributed by atoms with Gasteiger partial charge in [-0.3, -0.25) is 14.4 Å². The van der Waals surface area contributed by atoms with E-state index in [0.29, 0.717) is 26.1 Å². The molecule has 1 saturated heterocycles. The summed E-state index contributed by atoms with van der Waals surface area (Å²) in [5.74, 6) is -1.54. The first-order chi connectivity index (χ1) is 10.1. The Morgan fingerprint density at radius 3 is 2.23 bits per heavy atom. The molecule has 0 aromatic carbocycles. The van der Waals surface area contributed by atoms with Crippen LogP contribution in [0.5, 0.6) is 0 Å². The number of aliphatic carboxylic acids is 1. The Morgan fingerprint density at radius 1 is 1.23 bits per heavy atom. The molecule has 0 aromatic rings. The number of carboxylic acids is 1. The van der Waals surface area contributed by atoms with Crippen molar-refractivity contribution >= 4 is 17.8 Å². The van der Waals surface area contributed by atoms with Crippen molar-refractivity contribution in [1.29, 1.82) is 0 Å². The molecule has 1 aliphatic rings. The fourth-order valence-electron chi connectivity index (χ4n) is 2.12. The third-order valence-electron chi connectivity index (χ3n) is 3.93. The Labute approximate surface area is 130 Å². The first-order valence-electron chi connectivity index (χ1n) is 7.48. The highest BCUT2D eigenvalue weighted by atomic mass is 16.5. The van der Waals surface area contributed by atoms with Crippen molar-refractivity contribution in [3.8, 4) is 0 Å². The van der Waals surface area contributed by atoms with Gasteiger partial charge in [0, 0.05) is 25.2 Å². The molecule has 1 atom stereocenters. The molecule has 1 rings (SSSR count). The number of carboxylic acid groups (broad SMARTS) is 1. The molecule has 0 spiro atoms. The SMILES string of the molecule is CC(NC(=O)C(C)(C)C)C(=O)NCC1(C(=O)O)CCOCC1. The first-order valence-corrected chi connectivity index (χ1v) is 7.48. The molecule has 0 aliphatic carbocycles. The summed E-state index contributed by atoms with van der Waals surface area (Å²) in [6.07, 6.45) is 0.733. The molecule has 1 heterocycles. The average Bonchev–Trinajstić information content (AvgIpc) is 2.44. The van der Waals surface area contributed by atoms with Gasteiger partial charge in [-0.2, -0.15) is 0 Å². The highest BCUT2D eigenvalue weighted by molar-refractivity contribution is 5.89. The van der Waals surface area contributed by atoms with Crippen molar-refractivity contribution < 1.29 is 24.2 Å².